The molecule has 3 amide bonds. The summed E-state index contributed by atoms with van der Waals surface area (Å²) in [5, 5.41) is 0.906. The van der Waals surface area contributed by atoms with Gasteiger partial charge in [0, 0.05) is 41.5 Å². The van der Waals surface area contributed by atoms with E-state index in [2.05, 4.69) is 15.4 Å². The quantitative estimate of drug-likeness (QED) is 0.647. The van der Waals surface area contributed by atoms with Crippen LogP contribution in [0, 0.1) is 0 Å². The largest absolute Gasteiger partial charge is 0.497 e. The molecule has 0 saturated carbocycles. The van der Waals surface area contributed by atoms with E-state index in [1.54, 1.807) is 34.2 Å². The highest BCUT2D eigenvalue weighted by Crippen LogP contribution is 2.37. The highest BCUT2D eigenvalue weighted by molar-refractivity contribution is 6.11. The van der Waals surface area contributed by atoms with Gasteiger partial charge >= 0.3 is 6.03 Å². The van der Waals surface area contributed by atoms with Gasteiger partial charge in [0.15, 0.2) is 0 Å². The Kier molecular flexibility index (Phi) is 4.81. The van der Waals surface area contributed by atoms with Gasteiger partial charge < -0.3 is 9.72 Å². The highest BCUT2D eigenvalue weighted by atomic mass is 16.6. The number of fused-ring (bicyclic) bond motifs is 3. The second kappa shape index (κ2) is 7.44. The van der Waals surface area contributed by atoms with Gasteiger partial charge in [-0.1, -0.05) is 0 Å². The molecular formula is C20H21N5O4. The van der Waals surface area contributed by atoms with Crippen LogP contribution in [0.25, 0.3) is 11.0 Å². The number of carbonyl (C=O) groups is 2. The maximum absolute atomic E-state index is 13.3. The third kappa shape index (κ3) is 3.15. The summed E-state index contributed by atoms with van der Waals surface area (Å²) in [6.45, 7) is 2.75. The number of aromatic amines is 1. The monoisotopic (exact) mass is 395 g/mol. The fourth-order valence-electron chi connectivity index (χ4n) is 3.58. The summed E-state index contributed by atoms with van der Waals surface area (Å²) in [5.74, 6) is 0.0326. The predicted molar refractivity (Wildman–Crippen MR) is 108 cm³/mol. The van der Waals surface area contributed by atoms with Crippen LogP contribution in [0.3, 0.4) is 0 Å². The molecule has 1 aliphatic heterocycles. The molecule has 0 unspecified atom stereocenters. The maximum atomic E-state index is 13.3. The molecule has 0 atom stereocenters. The summed E-state index contributed by atoms with van der Waals surface area (Å²) in [5.41, 5.74) is 5.68. The van der Waals surface area contributed by atoms with Crippen LogP contribution in [0.15, 0.2) is 36.7 Å². The van der Waals surface area contributed by atoms with Crippen molar-refractivity contribution in [2.45, 2.75) is 13.5 Å². The minimum absolute atomic E-state index is 0.181. The van der Waals surface area contributed by atoms with E-state index in [-0.39, 0.29) is 6.03 Å². The first-order valence-electron chi connectivity index (χ1n) is 9.13. The zero-order valence-corrected chi connectivity index (χ0v) is 16.4. The maximum Gasteiger partial charge on any atom is 0.329 e. The van der Waals surface area contributed by atoms with Crippen LogP contribution in [0.4, 0.5) is 16.2 Å². The van der Waals surface area contributed by atoms with Crippen LogP contribution in [0.5, 0.6) is 5.75 Å². The Morgan fingerprint density at radius 3 is 2.86 bits per heavy atom. The zero-order valence-electron chi connectivity index (χ0n) is 16.4. The predicted octanol–water partition coefficient (Wildman–Crippen LogP) is 2.83. The van der Waals surface area contributed by atoms with Crippen LogP contribution in [0.1, 0.15) is 22.8 Å². The van der Waals surface area contributed by atoms with E-state index < -0.39 is 5.91 Å². The molecule has 3 aromatic rings. The van der Waals surface area contributed by atoms with E-state index >= 15 is 0 Å². The topological polar surface area (TPSA) is 99.8 Å². The Morgan fingerprint density at radius 1 is 1.31 bits per heavy atom. The Bertz CT molecular complexity index is 1090. The van der Waals surface area contributed by atoms with Crippen molar-refractivity contribution < 1.29 is 19.2 Å². The van der Waals surface area contributed by atoms with Crippen molar-refractivity contribution in [1.82, 2.24) is 15.4 Å². The Morgan fingerprint density at radius 2 is 2.14 bits per heavy atom. The number of hydroxylamine groups is 1. The highest BCUT2D eigenvalue weighted by Gasteiger charge is 2.33. The summed E-state index contributed by atoms with van der Waals surface area (Å²) in [6.07, 6.45) is 3.58. The van der Waals surface area contributed by atoms with Crippen molar-refractivity contribution in [3.05, 3.63) is 47.8 Å². The normalized spacial score (nSPS) is 13.6. The molecular weight excluding hydrogens is 374 g/mol. The number of urea groups is 1. The number of carbonyl (C=O) groups excluding carboxylic acids is 2. The van der Waals surface area contributed by atoms with E-state index in [0.29, 0.717) is 30.1 Å². The number of ether oxygens (including phenoxy) is 1. The Labute approximate surface area is 167 Å². The van der Waals surface area contributed by atoms with Crippen LogP contribution in [-0.4, -0.2) is 42.7 Å². The average molecular weight is 395 g/mol. The third-order valence-electron chi connectivity index (χ3n) is 4.91. The Hall–Kier alpha value is -3.59. The summed E-state index contributed by atoms with van der Waals surface area (Å²) in [4.78, 5) is 41.2. The molecule has 1 aromatic carbocycles. The molecule has 3 heterocycles. The fraction of sp³-hybridized carbons (Fsp3) is 0.250. The lowest BCUT2D eigenvalue weighted by atomic mass is 10.1. The summed E-state index contributed by atoms with van der Waals surface area (Å²) < 4.78 is 5.33. The number of H-pyrrole nitrogens is 1. The first kappa shape index (κ1) is 18.8. The van der Waals surface area contributed by atoms with Gasteiger partial charge in [-0.3, -0.25) is 19.4 Å². The van der Waals surface area contributed by atoms with Crippen molar-refractivity contribution in [2.24, 2.45) is 0 Å². The van der Waals surface area contributed by atoms with Crippen molar-refractivity contribution in [2.75, 3.05) is 30.6 Å². The number of hydrogen-bond donors (Lipinski definition) is 2. The molecule has 0 aliphatic carbocycles. The second-order valence-corrected chi connectivity index (χ2v) is 6.54. The number of rotatable bonds is 5. The average Bonchev–Trinajstić information content (AvgIpc) is 3.22. The number of nitrogens with zero attached hydrogens (tertiary/aromatic N) is 3. The van der Waals surface area contributed by atoms with Crippen LogP contribution >= 0.6 is 0 Å². The second-order valence-electron chi connectivity index (χ2n) is 6.54. The number of aromatic nitrogens is 2. The fourth-order valence-corrected chi connectivity index (χ4v) is 3.58. The van der Waals surface area contributed by atoms with E-state index in [1.807, 2.05) is 19.2 Å². The molecule has 0 fully saturated rings. The molecule has 29 heavy (non-hydrogen) atoms. The number of benzene rings is 1. The minimum Gasteiger partial charge on any atom is -0.497 e. The van der Waals surface area contributed by atoms with Crippen LogP contribution in [0.2, 0.25) is 0 Å². The van der Waals surface area contributed by atoms with Crippen LogP contribution in [-0.2, 0) is 11.4 Å². The smallest absolute Gasteiger partial charge is 0.329 e. The third-order valence-corrected chi connectivity index (χ3v) is 4.91. The van der Waals surface area contributed by atoms with Crippen molar-refractivity contribution in [1.29, 1.82) is 0 Å². The van der Waals surface area contributed by atoms with Crippen LogP contribution < -0.4 is 20.0 Å². The molecule has 2 N–H and O–H groups in total. The van der Waals surface area contributed by atoms with E-state index in [0.717, 1.165) is 22.3 Å². The van der Waals surface area contributed by atoms with E-state index in [9.17, 15) is 9.59 Å². The van der Waals surface area contributed by atoms with Gasteiger partial charge in [-0.15, -0.1) is 0 Å². The SMILES string of the molecule is CCN1C(=O)N(c2cc(OC)cc(C(=O)NOC)c2)Cc2cnc3[nH]ccc3c21. The molecule has 0 radical (unpaired) electrons. The van der Waals surface area contributed by atoms with Gasteiger partial charge in [0.25, 0.3) is 5.91 Å². The molecule has 9 nitrogen and oxygen atoms in total. The molecule has 9 heteroatoms. The van der Waals surface area contributed by atoms with Gasteiger partial charge in [0.2, 0.25) is 0 Å². The standard InChI is InChI=1S/C20H21N5O4/c1-4-24-17-13(10-22-18-16(17)5-6-21-18)11-25(20(24)27)14-7-12(19(26)23-29-3)8-15(9-14)28-2/h5-10H,4,11H2,1-3H3,(H,21,22)(H,23,26). The van der Waals surface area contributed by atoms with Crippen molar-refractivity contribution in [3.63, 3.8) is 0 Å². The van der Waals surface area contributed by atoms with Crippen molar-refractivity contribution >= 4 is 34.3 Å². The van der Waals surface area contributed by atoms with Gasteiger partial charge in [-0.05, 0) is 25.1 Å². The minimum atomic E-state index is -0.430. The molecule has 4 rings (SSSR count). The number of anilines is 2. The van der Waals surface area contributed by atoms with Gasteiger partial charge in [-0.2, -0.15) is 0 Å². The van der Waals surface area contributed by atoms with Gasteiger partial charge in [0.05, 0.1) is 32.1 Å². The molecule has 0 spiro atoms. The summed E-state index contributed by atoms with van der Waals surface area (Å²) >= 11 is 0. The molecule has 2 aromatic heterocycles. The van der Waals surface area contributed by atoms with E-state index in [4.69, 9.17) is 9.57 Å². The Balaban J connectivity index is 1.81. The number of amides is 3. The first-order valence-corrected chi connectivity index (χ1v) is 9.13. The van der Waals surface area contributed by atoms with E-state index in [1.165, 1.54) is 14.2 Å². The molecule has 150 valence electrons. The van der Waals surface area contributed by atoms with Gasteiger partial charge in [0.1, 0.15) is 11.4 Å². The molecule has 1 aliphatic rings. The summed E-state index contributed by atoms with van der Waals surface area (Å²) in [6, 6.07) is 6.69. The zero-order chi connectivity index (χ0) is 20.5. The molecule has 0 bridgehead atoms. The van der Waals surface area contributed by atoms with Crippen molar-refractivity contribution in [3.8, 4) is 5.75 Å². The summed E-state index contributed by atoms with van der Waals surface area (Å²) in [7, 11) is 2.87. The van der Waals surface area contributed by atoms with Gasteiger partial charge in [-0.25, -0.2) is 15.3 Å². The number of pyridine rings is 1. The first-order chi connectivity index (χ1) is 14.1. The number of hydrogen-bond acceptors (Lipinski definition) is 5. The molecule has 0 saturated heterocycles. The lowest BCUT2D eigenvalue weighted by Gasteiger charge is -2.37. The number of nitrogens with one attached hydrogen (secondary N) is 2. The lowest BCUT2D eigenvalue weighted by molar-refractivity contribution is 0.0537. The number of methoxy groups -OCH3 is 1. The lowest BCUT2D eigenvalue weighted by Crippen LogP contribution is -2.47.